The molecule has 2 fully saturated rings. The molecule has 0 aliphatic carbocycles. The molecule has 0 spiro atoms. The number of benzene rings is 2. The van der Waals surface area contributed by atoms with Crippen molar-refractivity contribution < 1.29 is 28.2 Å². The third-order valence-corrected chi connectivity index (χ3v) is 9.61. The van der Waals surface area contributed by atoms with E-state index in [1.165, 1.54) is 17.0 Å². The van der Waals surface area contributed by atoms with E-state index in [-0.39, 0.29) is 30.1 Å². The molecule has 1 aromatic heterocycles. The molecule has 3 aliphatic rings. The molecule has 238 valence electrons. The maximum absolute atomic E-state index is 16.2. The summed E-state index contributed by atoms with van der Waals surface area (Å²) in [6, 6.07) is 6.03. The molecule has 4 heterocycles. The Morgan fingerprint density at radius 3 is 2.52 bits per heavy atom. The van der Waals surface area contributed by atoms with Crippen molar-refractivity contribution in [1.82, 2.24) is 19.6 Å². The minimum atomic E-state index is -1.03. The summed E-state index contributed by atoms with van der Waals surface area (Å²) < 4.78 is 46.5. The van der Waals surface area contributed by atoms with Crippen LogP contribution in [0.2, 0.25) is 0 Å². The molecule has 1 N–H and O–H groups in total. The van der Waals surface area contributed by atoms with Gasteiger partial charge < -0.3 is 14.6 Å². The zero-order valence-corrected chi connectivity index (χ0v) is 26.5. The molecule has 3 aromatic rings. The largest absolute Gasteiger partial charge is 0.486 e. The Hall–Kier alpha value is -3.24. The van der Waals surface area contributed by atoms with Gasteiger partial charge in [0.25, 0.3) is 0 Å². The maximum atomic E-state index is 16.2. The molecule has 6 rings (SSSR count). The maximum Gasteiger partial charge on any atom is 0.407 e. The molecule has 3 aliphatic heterocycles. The van der Waals surface area contributed by atoms with Gasteiger partial charge in [-0.2, -0.15) is 5.10 Å². The van der Waals surface area contributed by atoms with Crippen LogP contribution >= 0.6 is 0 Å². The second kappa shape index (κ2) is 11.6. The number of amides is 1. The molecule has 1 amide bonds. The Kier molecular flexibility index (Phi) is 8.11. The Morgan fingerprint density at radius 2 is 1.91 bits per heavy atom. The summed E-state index contributed by atoms with van der Waals surface area (Å²) in [4.78, 5) is 15.2. The SMILES string of the molecule is CC(C)C[C@H]1[C@H](c2c(F)cc(OC3CN(C(=O)O)C3C(C)(C)C)cc2F)c2ccc3c(cnn3C3CCCCO3)c2CN1C. The van der Waals surface area contributed by atoms with Gasteiger partial charge in [0.05, 0.1) is 24.3 Å². The average molecular weight is 611 g/mol. The van der Waals surface area contributed by atoms with Gasteiger partial charge in [0.15, 0.2) is 6.23 Å². The number of rotatable bonds is 6. The Labute approximate surface area is 257 Å². The van der Waals surface area contributed by atoms with Crippen LogP contribution in [0.3, 0.4) is 0 Å². The quantitative estimate of drug-likeness (QED) is 0.319. The van der Waals surface area contributed by atoms with Crippen LogP contribution in [0.4, 0.5) is 13.6 Å². The van der Waals surface area contributed by atoms with Crippen LogP contribution in [-0.4, -0.2) is 69.2 Å². The number of carbonyl (C=O) groups is 1. The lowest BCUT2D eigenvalue weighted by Crippen LogP contribution is -2.68. The number of ether oxygens (including phenoxy) is 2. The molecule has 0 saturated carbocycles. The minimum Gasteiger partial charge on any atom is -0.486 e. The van der Waals surface area contributed by atoms with E-state index in [2.05, 4.69) is 18.7 Å². The van der Waals surface area contributed by atoms with Crippen molar-refractivity contribution in [3.63, 3.8) is 0 Å². The van der Waals surface area contributed by atoms with Gasteiger partial charge in [-0.25, -0.2) is 18.3 Å². The average Bonchev–Trinajstić information content (AvgIpc) is 3.36. The van der Waals surface area contributed by atoms with Crippen molar-refractivity contribution in [3.05, 3.63) is 58.8 Å². The van der Waals surface area contributed by atoms with Gasteiger partial charge in [-0.1, -0.05) is 40.7 Å². The van der Waals surface area contributed by atoms with Gasteiger partial charge in [-0.3, -0.25) is 9.80 Å². The number of carboxylic acid groups (broad SMARTS) is 1. The van der Waals surface area contributed by atoms with Crippen LogP contribution in [0.25, 0.3) is 10.9 Å². The monoisotopic (exact) mass is 610 g/mol. The van der Waals surface area contributed by atoms with Crippen LogP contribution in [0.15, 0.2) is 30.5 Å². The van der Waals surface area contributed by atoms with E-state index < -0.39 is 41.2 Å². The first-order valence-corrected chi connectivity index (χ1v) is 15.8. The van der Waals surface area contributed by atoms with E-state index in [4.69, 9.17) is 14.6 Å². The normalized spacial score (nSPS) is 26.1. The highest BCUT2D eigenvalue weighted by molar-refractivity contribution is 5.84. The predicted octanol–water partition coefficient (Wildman–Crippen LogP) is 7.16. The van der Waals surface area contributed by atoms with Crippen LogP contribution in [0.1, 0.15) is 89.1 Å². The summed E-state index contributed by atoms with van der Waals surface area (Å²) in [7, 11) is 2.03. The van der Waals surface area contributed by atoms with E-state index in [0.717, 1.165) is 47.7 Å². The zero-order chi connectivity index (χ0) is 31.5. The van der Waals surface area contributed by atoms with Crippen molar-refractivity contribution >= 4 is 17.0 Å². The number of fused-ring (bicyclic) bond motifs is 3. The van der Waals surface area contributed by atoms with Gasteiger partial charge in [0.2, 0.25) is 0 Å². The smallest absolute Gasteiger partial charge is 0.407 e. The Bertz CT molecular complexity index is 1520. The molecular formula is C34H44F2N4O4. The first-order valence-electron chi connectivity index (χ1n) is 15.8. The van der Waals surface area contributed by atoms with Crippen molar-refractivity contribution in [1.29, 1.82) is 0 Å². The second-order valence-corrected chi connectivity index (χ2v) is 14.3. The topological polar surface area (TPSA) is 80.1 Å². The first kappa shape index (κ1) is 30.8. The third kappa shape index (κ3) is 5.44. The molecule has 2 aromatic carbocycles. The lowest BCUT2D eigenvalue weighted by atomic mass is 9.75. The number of halogens is 2. The van der Waals surface area contributed by atoms with Crippen LogP contribution in [0.5, 0.6) is 5.75 Å². The first-order chi connectivity index (χ1) is 20.8. The number of likely N-dealkylation sites (N-methyl/N-ethyl adjacent to an activating group) is 1. The second-order valence-electron chi connectivity index (χ2n) is 14.3. The summed E-state index contributed by atoms with van der Waals surface area (Å²) in [5.74, 6) is -1.46. The highest BCUT2D eigenvalue weighted by Gasteiger charge is 2.50. The fourth-order valence-electron chi connectivity index (χ4n) is 7.68. The van der Waals surface area contributed by atoms with Gasteiger partial charge in [0, 0.05) is 48.2 Å². The Morgan fingerprint density at radius 1 is 1.18 bits per heavy atom. The van der Waals surface area contributed by atoms with Crippen molar-refractivity contribution in [2.24, 2.45) is 11.3 Å². The summed E-state index contributed by atoms with van der Waals surface area (Å²) in [5, 5.41) is 15.3. The van der Waals surface area contributed by atoms with Crippen molar-refractivity contribution in [3.8, 4) is 5.75 Å². The van der Waals surface area contributed by atoms with E-state index in [1.807, 2.05) is 50.8 Å². The van der Waals surface area contributed by atoms with E-state index >= 15 is 8.78 Å². The summed E-state index contributed by atoms with van der Waals surface area (Å²) >= 11 is 0. The van der Waals surface area contributed by atoms with Gasteiger partial charge >= 0.3 is 6.09 Å². The van der Waals surface area contributed by atoms with E-state index in [9.17, 15) is 9.90 Å². The fraction of sp³-hybridized carbons (Fsp3) is 0.588. The van der Waals surface area contributed by atoms with Crippen LogP contribution < -0.4 is 4.74 Å². The van der Waals surface area contributed by atoms with E-state index in [0.29, 0.717) is 19.1 Å². The molecule has 10 heteroatoms. The van der Waals surface area contributed by atoms with Crippen molar-refractivity contribution in [2.45, 2.75) is 97.2 Å². The summed E-state index contributed by atoms with van der Waals surface area (Å²) in [6.07, 6.45) is 4.05. The number of nitrogens with zero attached hydrogens (tertiary/aromatic N) is 4. The molecule has 2 saturated heterocycles. The summed E-state index contributed by atoms with van der Waals surface area (Å²) in [6.45, 7) is 11.6. The van der Waals surface area contributed by atoms with Crippen LogP contribution in [0, 0.1) is 23.0 Å². The number of likely N-dealkylation sites (tertiary alicyclic amines) is 1. The minimum absolute atomic E-state index is 0.0336. The zero-order valence-electron chi connectivity index (χ0n) is 26.5. The highest BCUT2D eigenvalue weighted by Crippen LogP contribution is 2.45. The number of aromatic nitrogens is 2. The molecule has 44 heavy (non-hydrogen) atoms. The molecule has 0 radical (unpaired) electrons. The molecule has 8 nitrogen and oxygen atoms in total. The van der Waals surface area contributed by atoms with Crippen LogP contribution in [-0.2, 0) is 11.3 Å². The van der Waals surface area contributed by atoms with Gasteiger partial charge in [-0.15, -0.1) is 0 Å². The fourth-order valence-corrected chi connectivity index (χ4v) is 7.68. The standard InChI is InChI=1S/C34H44F2N4O4/c1-19(2)13-27-30(21-10-11-26-22(23(21)17-38(27)6)16-37-40(26)29-9-7-8-12-43-29)31-24(35)14-20(15-25(31)36)44-28-18-39(33(41)42)32(28)34(3,4)5/h10-11,14-16,19,27-30,32H,7-9,12-13,17-18H2,1-6H3,(H,41,42)/t27-,28?,29?,30+,32?/m0/s1. The molecule has 0 bridgehead atoms. The molecule has 5 atom stereocenters. The van der Waals surface area contributed by atoms with E-state index in [1.54, 1.807) is 0 Å². The lowest BCUT2D eigenvalue weighted by Gasteiger charge is -2.51. The highest BCUT2D eigenvalue weighted by atomic mass is 19.1. The summed E-state index contributed by atoms with van der Waals surface area (Å²) in [5.41, 5.74) is 2.56. The van der Waals surface area contributed by atoms with Crippen molar-refractivity contribution in [2.75, 3.05) is 20.2 Å². The van der Waals surface area contributed by atoms with Gasteiger partial charge in [0.1, 0.15) is 23.5 Å². The number of hydrogen-bond acceptors (Lipinski definition) is 5. The number of hydrogen-bond donors (Lipinski definition) is 1. The third-order valence-electron chi connectivity index (χ3n) is 9.61. The van der Waals surface area contributed by atoms with Gasteiger partial charge in [-0.05, 0) is 61.3 Å². The molecule has 3 unspecified atom stereocenters. The molecular weight excluding hydrogens is 566 g/mol. The predicted molar refractivity (Wildman–Crippen MR) is 164 cm³/mol. The lowest BCUT2D eigenvalue weighted by molar-refractivity contribution is -0.0776. The Balaban J connectivity index is 1.38.